The van der Waals surface area contributed by atoms with Gasteiger partial charge >= 0.3 is 6.01 Å². The van der Waals surface area contributed by atoms with Crippen LogP contribution in [0.4, 0.5) is 6.01 Å². The number of morpholine rings is 1. The maximum atomic E-state index is 12.7. The summed E-state index contributed by atoms with van der Waals surface area (Å²) in [6.45, 7) is 1.30. The van der Waals surface area contributed by atoms with Crippen LogP contribution in [0.3, 0.4) is 0 Å². The first-order valence-electron chi connectivity index (χ1n) is 10.4. The molecule has 0 saturated carbocycles. The third kappa shape index (κ3) is 4.14. The second-order valence-electron chi connectivity index (χ2n) is 7.40. The number of nitrogens with zero attached hydrogens (tertiary/aromatic N) is 3. The molecule has 1 fully saturated rings. The van der Waals surface area contributed by atoms with Crippen molar-refractivity contribution in [2.75, 3.05) is 38.7 Å². The van der Waals surface area contributed by atoms with Crippen LogP contribution in [0.5, 0.6) is 5.75 Å². The predicted octanol–water partition coefficient (Wildman–Crippen LogP) is 2.76. The monoisotopic (exact) mass is 484 g/mol. The first-order valence-corrected chi connectivity index (χ1v) is 11.8. The highest BCUT2D eigenvalue weighted by Gasteiger charge is 2.26. The van der Waals surface area contributed by atoms with Gasteiger partial charge in [0.1, 0.15) is 0 Å². The number of hydrogen-bond acceptors (Lipinski definition) is 9. The second-order valence-corrected chi connectivity index (χ2v) is 9.33. The number of methoxy groups -OCH3 is 1. The number of ether oxygens (including phenoxy) is 2. The molecule has 0 spiro atoms. The molecule has 2 aromatic carbocycles. The van der Waals surface area contributed by atoms with Crippen LogP contribution in [0.15, 0.2) is 62.3 Å². The molecule has 0 unspecified atom stereocenters. The van der Waals surface area contributed by atoms with Crippen molar-refractivity contribution >= 4 is 32.9 Å². The van der Waals surface area contributed by atoms with Crippen LogP contribution in [0.1, 0.15) is 10.4 Å². The first-order chi connectivity index (χ1) is 16.5. The number of carbonyl (C=O) groups is 1. The fourth-order valence-corrected chi connectivity index (χ4v) is 4.97. The molecule has 2 aromatic heterocycles. The van der Waals surface area contributed by atoms with E-state index in [0.29, 0.717) is 43.4 Å². The molecule has 1 saturated heterocycles. The van der Waals surface area contributed by atoms with Crippen LogP contribution in [0.2, 0.25) is 0 Å². The molecule has 11 nitrogen and oxygen atoms in total. The number of nitrogens with one attached hydrogen (secondary N) is 1. The molecule has 0 bridgehead atoms. The second kappa shape index (κ2) is 8.89. The van der Waals surface area contributed by atoms with Gasteiger partial charge in [-0.25, -0.2) is 8.42 Å². The van der Waals surface area contributed by atoms with Crippen LogP contribution in [0.25, 0.3) is 22.6 Å². The van der Waals surface area contributed by atoms with E-state index in [2.05, 4.69) is 15.5 Å². The van der Waals surface area contributed by atoms with Crippen molar-refractivity contribution in [1.82, 2.24) is 14.5 Å². The maximum absolute atomic E-state index is 12.7. The van der Waals surface area contributed by atoms with Crippen molar-refractivity contribution in [3.8, 4) is 17.4 Å². The number of furan rings is 1. The summed E-state index contributed by atoms with van der Waals surface area (Å²) < 4.78 is 48.6. The Kier molecular flexibility index (Phi) is 5.77. The Balaban J connectivity index is 1.30. The minimum atomic E-state index is -3.65. The van der Waals surface area contributed by atoms with Crippen LogP contribution < -0.4 is 10.1 Å². The van der Waals surface area contributed by atoms with E-state index in [0.717, 1.165) is 5.39 Å². The fourth-order valence-electron chi connectivity index (χ4n) is 3.56. The van der Waals surface area contributed by atoms with Crippen molar-refractivity contribution in [1.29, 1.82) is 0 Å². The molecule has 5 rings (SSSR count). The van der Waals surface area contributed by atoms with Crippen molar-refractivity contribution < 1.29 is 31.5 Å². The number of anilines is 1. The highest BCUT2D eigenvalue weighted by molar-refractivity contribution is 7.89. The predicted molar refractivity (Wildman–Crippen MR) is 120 cm³/mol. The van der Waals surface area contributed by atoms with E-state index >= 15 is 0 Å². The molecule has 0 aliphatic carbocycles. The number of fused-ring (bicyclic) bond motifs is 1. The van der Waals surface area contributed by atoms with Crippen LogP contribution in [0, 0.1) is 0 Å². The Hall–Kier alpha value is -3.74. The van der Waals surface area contributed by atoms with Gasteiger partial charge in [-0.2, -0.15) is 4.31 Å². The summed E-state index contributed by atoms with van der Waals surface area (Å²) in [5.74, 6) is 0.443. The molecular formula is C22H20N4O7S. The van der Waals surface area contributed by atoms with Gasteiger partial charge in [0, 0.05) is 24.0 Å². The lowest BCUT2D eigenvalue weighted by Crippen LogP contribution is -2.40. The van der Waals surface area contributed by atoms with E-state index in [1.54, 1.807) is 19.2 Å². The average Bonchev–Trinajstić information content (AvgIpc) is 3.51. The average molecular weight is 484 g/mol. The summed E-state index contributed by atoms with van der Waals surface area (Å²) in [7, 11) is -2.10. The van der Waals surface area contributed by atoms with E-state index in [1.807, 2.05) is 12.1 Å². The van der Waals surface area contributed by atoms with Gasteiger partial charge in [0.05, 0.1) is 25.2 Å². The summed E-state index contributed by atoms with van der Waals surface area (Å²) in [6, 6.07) is 12.7. The first kappa shape index (κ1) is 22.1. The molecule has 1 aliphatic rings. The van der Waals surface area contributed by atoms with Crippen molar-refractivity contribution in [2.45, 2.75) is 4.90 Å². The number of rotatable bonds is 6. The minimum Gasteiger partial charge on any atom is -0.493 e. The van der Waals surface area contributed by atoms with Gasteiger partial charge in [-0.3, -0.25) is 10.1 Å². The molecular weight excluding hydrogens is 464 g/mol. The summed E-state index contributed by atoms with van der Waals surface area (Å²) in [6.07, 6.45) is 0. The molecule has 1 N–H and O–H groups in total. The molecule has 4 aromatic rings. The lowest BCUT2D eigenvalue weighted by molar-refractivity contribution is 0.0730. The van der Waals surface area contributed by atoms with Gasteiger partial charge in [0.2, 0.25) is 10.0 Å². The van der Waals surface area contributed by atoms with E-state index in [4.69, 9.17) is 18.3 Å². The van der Waals surface area contributed by atoms with E-state index in [9.17, 15) is 13.2 Å². The Morgan fingerprint density at radius 3 is 2.56 bits per heavy atom. The normalized spacial score (nSPS) is 14.9. The molecule has 12 heteroatoms. The van der Waals surface area contributed by atoms with Gasteiger partial charge in [-0.15, -0.1) is 5.10 Å². The zero-order valence-electron chi connectivity index (χ0n) is 18.1. The minimum absolute atomic E-state index is 0.0838. The van der Waals surface area contributed by atoms with E-state index < -0.39 is 15.9 Å². The highest BCUT2D eigenvalue weighted by atomic mass is 32.2. The number of para-hydroxylation sites is 1. The zero-order chi connectivity index (χ0) is 23.7. The van der Waals surface area contributed by atoms with E-state index in [-0.39, 0.29) is 22.4 Å². The molecule has 3 heterocycles. The molecule has 0 radical (unpaired) electrons. The van der Waals surface area contributed by atoms with Gasteiger partial charge in [0.25, 0.3) is 11.8 Å². The zero-order valence-corrected chi connectivity index (χ0v) is 18.9. The quantitative estimate of drug-likeness (QED) is 0.438. The number of carbonyl (C=O) groups excluding carboxylic acids is 1. The maximum Gasteiger partial charge on any atom is 0.322 e. The van der Waals surface area contributed by atoms with Gasteiger partial charge in [-0.1, -0.05) is 17.2 Å². The fraction of sp³-hybridized carbons (Fsp3) is 0.227. The largest absolute Gasteiger partial charge is 0.493 e. The molecule has 176 valence electrons. The highest BCUT2D eigenvalue weighted by Crippen LogP contribution is 2.33. The summed E-state index contributed by atoms with van der Waals surface area (Å²) >= 11 is 0. The lowest BCUT2D eigenvalue weighted by atomic mass is 10.2. The number of aromatic nitrogens is 2. The summed E-state index contributed by atoms with van der Waals surface area (Å²) in [5, 5.41) is 11.1. The molecule has 34 heavy (non-hydrogen) atoms. The summed E-state index contributed by atoms with van der Waals surface area (Å²) in [5.41, 5.74) is 0.769. The number of amides is 1. The Labute approximate surface area is 194 Å². The van der Waals surface area contributed by atoms with E-state index in [1.165, 1.54) is 28.6 Å². The van der Waals surface area contributed by atoms with Crippen LogP contribution >= 0.6 is 0 Å². The topological polar surface area (TPSA) is 137 Å². The third-order valence-electron chi connectivity index (χ3n) is 5.31. The van der Waals surface area contributed by atoms with Gasteiger partial charge in [0.15, 0.2) is 17.1 Å². The third-order valence-corrected chi connectivity index (χ3v) is 7.22. The van der Waals surface area contributed by atoms with Crippen molar-refractivity contribution in [2.24, 2.45) is 0 Å². The lowest BCUT2D eigenvalue weighted by Gasteiger charge is -2.26. The molecule has 0 atom stereocenters. The van der Waals surface area contributed by atoms with Gasteiger partial charge in [-0.05, 0) is 36.4 Å². The number of sulfonamides is 1. The number of benzene rings is 2. The Bertz CT molecular complexity index is 1440. The smallest absolute Gasteiger partial charge is 0.322 e. The van der Waals surface area contributed by atoms with Crippen molar-refractivity contribution in [3.63, 3.8) is 0 Å². The number of hydrogen-bond donors (Lipinski definition) is 1. The Morgan fingerprint density at radius 1 is 1.06 bits per heavy atom. The van der Waals surface area contributed by atoms with Gasteiger partial charge < -0.3 is 18.3 Å². The van der Waals surface area contributed by atoms with Crippen LogP contribution in [-0.4, -0.2) is 62.2 Å². The SMILES string of the molecule is COc1cccc2cc(-c3nnc(NC(=O)c4ccc(S(=O)(=O)N5CCOCC5)cc4)o3)oc12. The summed E-state index contributed by atoms with van der Waals surface area (Å²) in [4.78, 5) is 12.7. The van der Waals surface area contributed by atoms with Crippen molar-refractivity contribution in [3.05, 3.63) is 54.1 Å². The Morgan fingerprint density at radius 2 is 1.82 bits per heavy atom. The molecule has 1 aliphatic heterocycles. The molecule has 1 amide bonds. The van der Waals surface area contributed by atoms with Crippen LogP contribution in [-0.2, 0) is 14.8 Å². The standard InChI is InChI=1S/C22H20N4O7S/c1-30-17-4-2-3-15-13-18(32-19(15)17)21-24-25-22(33-21)23-20(27)14-5-7-16(8-6-14)34(28,29)26-9-11-31-12-10-26/h2-8,13H,9-12H2,1H3,(H,23,25,27).